The van der Waals surface area contributed by atoms with E-state index in [-0.39, 0.29) is 0 Å². The predicted molar refractivity (Wildman–Crippen MR) is 118 cm³/mol. The van der Waals surface area contributed by atoms with Gasteiger partial charge in [-0.1, -0.05) is 0 Å². The van der Waals surface area contributed by atoms with E-state index >= 15 is 0 Å². The van der Waals surface area contributed by atoms with Gasteiger partial charge in [0.1, 0.15) is 0 Å². The third-order valence-corrected chi connectivity index (χ3v) is 10.3. The Morgan fingerprint density at radius 3 is 0.677 bits per heavy atom. The van der Waals surface area contributed by atoms with Crippen LogP contribution in [0.4, 0.5) is 0 Å². The van der Waals surface area contributed by atoms with Crippen molar-refractivity contribution in [1.29, 1.82) is 0 Å². The average molecular weight is 520 g/mol. The third kappa shape index (κ3) is 14.8. The molecule has 0 amide bonds. The fraction of sp³-hybridized carbons (Fsp3) is 1.00. The van der Waals surface area contributed by atoms with Crippen molar-refractivity contribution in [1.82, 2.24) is 0 Å². The van der Waals surface area contributed by atoms with Crippen molar-refractivity contribution in [2.45, 2.75) is 32.1 Å². The Bertz CT molecular complexity index is 302. The molecule has 0 N–H and O–H groups in total. The summed E-state index contributed by atoms with van der Waals surface area (Å²) < 4.78 is 57.2. The minimum absolute atomic E-state index is 0.322. The molecule has 190 valence electrons. The Morgan fingerprint density at radius 2 is 0.516 bits per heavy atom. The van der Waals surface area contributed by atoms with Gasteiger partial charge in [0.15, 0.2) is 0 Å². The van der Waals surface area contributed by atoms with Crippen LogP contribution in [-0.4, -0.2) is 116 Å². The summed E-state index contributed by atoms with van der Waals surface area (Å²) in [6, 6.07) is 0. The molecule has 0 heterocycles. The van der Waals surface area contributed by atoms with E-state index in [1.54, 1.807) is 35.5 Å². The molecule has 0 rings (SSSR count). The molecule has 0 aliphatic rings. The summed E-state index contributed by atoms with van der Waals surface area (Å²) in [4.78, 5) is 0. The summed E-state index contributed by atoms with van der Waals surface area (Å²) in [5.41, 5.74) is 0. The fourth-order valence-corrected chi connectivity index (χ4v) is 8.50. The molecule has 10 nitrogen and oxygen atoms in total. The van der Waals surface area contributed by atoms with Crippen LogP contribution in [0.25, 0.3) is 0 Å². The van der Waals surface area contributed by atoms with E-state index in [4.69, 9.17) is 42.3 Å². The quantitative estimate of drug-likeness (QED) is 0.132. The van der Waals surface area contributed by atoms with E-state index in [0.717, 1.165) is 0 Å². The fourth-order valence-electron chi connectivity index (χ4n) is 2.46. The molecule has 31 heavy (non-hydrogen) atoms. The van der Waals surface area contributed by atoms with Crippen LogP contribution >= 0.6 is 0 Å². The predicted octanol–water partition coefficient (Wildman–Crippen LogP) is 2.14. The van der Waals surface area contributed by atoms with Crippen LogP contribution in [0, 0.1) is 0 Å². The van der Waals surface area contributed by atoms with E-state index in [0.29, 0.717) is 98.2 Å². The van der Waals surface area contributed by atoms with Gasteiger partial charge in [-0.05, 0) is 0 Å². The first-order valence-corrected chi connectivity index (χ1v) is 14.7. The molecule has 0 saturated carbocycles. The van der Waals surface area contributed by atoms with Gasteiger partial charge >= 0.3 is 190 Å². The number of hydrogen-bond donors (Lipinski definition) is 0. The number of rotatable bonds is 25. The second kappa shape index (κ2) is 20.7. The second-order valence-corrected chi connectivity index (χ2v) is 12.5. The van der Waals surface area contributed by atoms with Gasteiger partial charge in [-0.25, -0.2) is 0 Å². The third-order valence-electron chi connectivity index (χ3n) is 3.97. The van der Waals surface area contributed by atoms with Crippen LogP contribution in [0.3, 0.4) is 0 Å². The van der Waals surface area contributed by atoms with Gasteiger partial charge in [-0.2, -0.15) is 0 Å². The maximum absolute atomic E-state index is 6.29. The normalized spacial score (nSPS) is 13.4. The molecule has 11 heteroatoms. The SMILES string of the molecule is COCCCO[As](OCCCOC)(OCCCOC)(OCCCOC)OCCCOC. The van der Waals surface area contributed by atoms with E-state index in [1.807, 2.05) is 0 Å². The average Bonchev–Trinajstić information content (AvgIpc) is 2.78. The topological polar surface area (TPSA) is 92.3 Å². The zero-order chi connectivity index (χ0) is 23.1. The molecule has 0 aromatic rings. The van der Waals surface area contributed by atoms with Crippen LogP contribution in [-0.2, 0) is 42.3 Å². The van der Waals surface area contributed by atoms with E-state index < -0.39 is 14.2 Å². The van der Waals surface area contributed by atoms with E-state index in [1.165, 1.54) is 0 Å². The van der Waals surface area contributed by atoms with Crippen molar-refractivity contribution >= 4 is 14.2 Å². The van der Waals surface area contributed by atoms with Gasteiger partial charge in [0.25, 0.3) is 0 Å². The summed E-state index contributed by atoms with van der Waals surface area (Å²) in [7, 11) is 8.24. The summed E-state index contributed by atoms with van der Waals surface area (Å²) in [6.07, 6.45) is 3.26. The van der Waals surface area contributed by atoms with Crippen LogP contribution in [0.15, 0.2) is 0 Å². The molecule has 0 radical (unpaired) electrons. The van der Waals surface area contributed by atoms with Crippen molar-refractivity contribution in [3.63, 3.8) is 0 Å². The van der Waals surface area contributed by atoms with Crippen molar-refractivity contribution in [3.05, 3.63) is 0 Å². The zero-order valence-electron chi connectivity index (χ0n) is 20.1. The standard InChI is InChI=1S/C20H45AsO10/c1-22-11-6-16-27-21(28-17-7-12-23-2,29-18-8-13-24-3,30-19-9-14-25-4)31-20-10-15-26-5/h6-20H2,1-5H3. The van der Waals surface area contributed by atoms with Crippen molar-refractivity contribution in [2.24, 2.45) is 0 Å². The summed E-state index contributed by atoms with van der Waals surface area (Å²) >= 11 is -5.07. The Kier molecular flexibility index (Phi) is 20.8. The summed E-state index contributed by atoms with van der Waals surface area (Å²) in [5.74, 6) is 0. The second-order valence-electron chi connectivity index (χ2n) is 6.64. The van der Waals surface area contributed by atoms with Gasteiger partial charge in [-0.15, -0.1) is 0 Å². The molecule has 0 saturated heterocycles. The molecule has 0 unspecified atom stereocenters. The van der Waals surface area contributed by atoms with Crippen LogP contribution in [0.2, 0.25) is 0 Å². The Morgan fingerprint density at radius 1 is 0.323 bits per heavy atom. The molecular formula is C20H45AsO10. The van der Waals surface area contributed by atoms with Gasteiger partial charge in [0.05, 0.1) is 0 Å². The monoisotopic (exact) mass is 520 g/mol. The maximum atomic E-state index is 6.29. The molecule has 0 atom stereocenters. The number of ether oxygens (including phenoxy) is 5. The summed E-state index contributed by atoms with van der Waals surface area (Å²) in [6.45, 7) is 4.32. The van der Waals surface area contributed by atoms with Crippen molar-refractivity contribution in [3.8, 4) is 0 Å². The minimum atomic E-state index is -5.07. The summed E-state index contributed by atoms with van der Waals surface area (Å²) in [5, 5.41) is 0. The Labute approximate surface area is 190 Å². The van der Waals surface area contributed by atoms with Crippen molar-refractivity contribution < 1.29 is 42.3 Å². The van der Waals surface area contributed by atoms with Gasteiger partial charge in [-0.3, -0.25) is 0 Å². The molecule has 0 fully saturated rings. The molecule has 0 aromatic heterocycles. The Hall–Kier alpha value is 0.158. The van der Waals surface area contributed by atoms with Gasteiger partial charge in [0.2, 0.25) is 0 Å². The molecule has 0 aliphatic carbocycles. The molecule has 0 aromatic carbocycles. The molecule has 0 aliphatic heterocycles. The first kappa shape index (κ1) is 31.2. The number of hydrogen-bond acceptors (Lipinski definition) is 10. The van der Waals surface area contributed by atoms with E-state index in [9.17, 15) is 0 Å². The first-order chi connectivity index (χ1) is 15.1. The Balaban J connectivity index is 5.60. The van der Waals surface area contributed by atoms with Gasteiger partial charge < -0.3 is 0 Å². The molecule has 0 bridgehead atoms. The van der Waals surface area contributed by atoms with Gasteiger partial charge in [0, 0.05) is 0 Å². The van der Waals surface area contributed by atoms with Crippen LogP contribution in [0.5, 0.6) is 0 Å². The van der Waals surface area contributed by atoms with Crippen molar-refractivity contribution in [2.75, 3.05) is 102 Å². The molecule has 0 spiro atoms. The number of methoxy groups -OCH3 is 5. The van der Waals surface area contributed by atoms with Crippen LogP contribution in [0.1, 0.15) is 32.1 Å². The molecular weight excluding hydrogens is 475 g/mol. The zero-order valence-corrected chi connectivity index (χ0v) is 22.0. The van der Waals surface area contributed by atoms with Crippen LogP contribution < -0.4 is 0 Å². The first-order valence-electron chi connectivity index (χ1n) is 10.8. The van der Waals surface area contributed by atoms with E-state index in [2.05, 4.69) is 0 Å².